The van der Waals surface area contributed by atoms with Crippen molar-refractivity contribution < 1.29 is 27.5 Å². The molecule has 2 aliphatic heterocycles. The number of amides is 1. The van der Waals surface area contributed by atoms with Gasteiger partial charge in [0.2, 0.25) is 6.41 Å². The summed E-state index contributed by atoms with van der Waals surface area (Å²) in [5, 5.41) is 2.97. The van der Waals surface area contributed by atoms with Gasteiger partial charge >= 0.3 is 5.97 Å². The molecule has 1 N–H and O–H groups in total. The lowest BCUT2D eigenvalue weighted by atomic mass is 9.94. The summed E-state index contributed by atoms with van der Waals surface area (Å²) in [5.74, 6) is -3.16. The molecule has 8 nitrogen and oxygen atoms in total. The van der Waals surface area contributed by atoms with Crippen LogP contribution in [0.3, 0.4) is 0 Å². The van der Waals surface area contributed by atoms with Gasteiger partial charge in [-0.15, -0.1) is 0 Å². The molecular weight excluding hydrogens is 487 g/mol. The van der Waals surface area contributed by atoms with Crippen LogP contribution in [0, 0.1) is 17.5 Å². The van der Waals surface area contributed by atoms with Crippen molar-refractivity contribution in [1.82, 2.24) is 20.1 Å². The van der Waals surface area contributed by atoms with Crippen LogP contribution >= 0.6 is 11.6 Å². The van der Waals surface area contributed by atoms with E-state index < -0.39 is 29.5 Å². The molecule has 0 bridgehead atoms. The van der Waals surface area contributed by atoms with Crippen LogP contribution in [0.15, 0.2) is 46.7 Å². The van der Waals surface area contributed by atoms with Crippen molar-refractivity contribution >= 4 is 29.8 Å². The van der Waals surface area contributed by atoms with Crippen LogP contribution < -0.4 is 5.32 Å². The second kappa shape index (κ2) is 10.4. The third kappa shape index (κ3) is 5.30. The molecule has 1 atom stereocenters. The number of piperazine rings is 1. The maximum absolute atomic E-state index is 14.6. The first kappa shape index (κ1) is 24.7. The highest BCUT2D eigenvalue weighted by molar-refractivity contribution is 6.31. The van der Waals surface area contributed by atoms with Gasteiger partial charge in [-0.3, -0.25) is 14.7 Å². The van der Waals surface area contributed by atoms with Gasteiger partial charge in [-0.05, 0) is 12.1 Å². The quantitative estimate of drug-likeness (QED) is 0.477. The molecule has 2 aliphatic rings. The number of nitrogens with zero attached hydrogens (tertiary/aromatic N) is 4. The van der Waals surface area contributed by atoms with E-state index in [0.29, 0.717) is 43.5 Å². The van der Waals surface area contributed by atoms with Crippen LogP contribution in [0.25, 0.3) is 0 Å². The number of pyridine rings is 1. The molecule has 1 aromatic heterocycles. The predicted molar refractivity (Wildman–Crippen MR) is 121 cm³/mol. The smallest absolute Gasteiger partial charge is 0.338 e. The van der Waals surface area contributed by atoms with Crippen LogP contribution in [0.4, 0.5) is 13.2 Å². The average molecular weight is 508 g/mol. The number of methoxy groups -OCH3 is 1. The van der Waals surface area contributed by atoms with Gasteiger partial charge in [0.25, 0.3) is 0 Å². The number of halogens is 4. The van der Waals surface area contributed by atoms with Crippen LogP contribution in [0.1, 0.15) is 17.3 Å². The van der Waals surface area contributed by atoms with E-state index in [0.717, 1.165) is 18.7 Å². The minimum Gasteiger partial charge on any atom is -0.466 e. The summed E-state index contributed by atoms with van der Waals surface area (Å²) >= 11 is 6.30. The fraction of sp³-hybridized carbons (Fsp3) is 0.304. The summed E-state index contributed by atoms with van der Waals surface area (Å²) in [6, 6.07) is 3.22. The largest absolute Gasteiger partial charge is 0.466 e. The van der Waals surface area contributed by atoms with Crippen molar-refractivity contribution in [2.75, 3.05) is 39.8 Å². The molecule has 4 rings (SSSR count). The Labute approximate surface area is 204 Å². The Bertz CT molecular complexity index is 1210. The average Bonchev–Trinajstić information content (AvgIpc) is 2.83. The third-order valence-corrected chi connectivity index (χ3v) is 6.09. The number of amidine groups is 1. The number of rotatable bonds is 6. The molecule has 0 spiro atoms. The minimum atomic E-state index is -1.08. The molecule has 184 valence electrons. The number of carbonyl (C=O) groups excluding carboxylic acids is 2. The molecule has 3 heterocycles. The topological polar surface area (TPSA) is 87.1 Å². The second-order valence-electron chi connectivity index (χ2n) is 7.96. The Morgan fingerprint density at radius 2 is 1.94 bits per heavy atom. The Balaban J connectivity index is 1.81. The van der Waals surface area contributed by atoms with E-state index in [9.17, 15) is 22.8 Å². The fourth-order valence-electron chi connectivity index (χ4n) is 3.98. The zero-order chi connectivity index (χ0) is 25.1. The molecule has 35 heavy (non-hydrogen) atoms. The summed E-state index contributed by atoms with van der Waals surface area (Å²) in [6.07, 6.45) is 1.62. The number of aromatic nitrogens is 1. The van der Waals surface area contributed by atoms with Crippen molar-refractivity contribution in [2.24, 2.45) is 4.99 Å². The van der Waals surface area contributed by atoms with E-state index in [-0.39, 0.29) is 28.7 Å². The number of aliphatic imine (C=N–C) groups is 1. The fourth-order valence-corrected chi connectivity index (χ4v) is 4.25. The van der Waals surface area contributed by atoms with E-state index in [1.54, 1.807) is 4.90 Å². The first-order valence-corrected chi connectivity index (χ1v) is 11.0. The summed E-state index contributed by atoms with van der Waals surface area (Å²) in [6.45, 7) is 2.24. The predicted octanol–water partition coefficient (Wildman–Crippen LogP) is 2.44. The molecule has 0 aliphatic carbocycles. The highest BCUT2D eigenvalue weighted by atomic mass is 35.5. The van der Waals surface area contributed by atoms with Crippen LogP contribution in [-0.4, -0.2) is 72.8 Å². The Morgan fingerprint density at radius 1 is 1.20 bits per heavy atom. The molecule has 1 aromatic carbocycles. The molecule has 1 fully saturated rings. The summed E-state index contributed by atoms with van der Waals surface area (Å²) < 4.78 is 46.9. The van der Waals surface area contributed by atoms with Gasteiger partial charge in [-0.2, -0.15) is 0 Å². The lowest BCUT2D eigenvalue weighted by Gasteiger charge is -2.35. The van der Waals surface area contributed by atoms with E-state index in [4.69, 9.17) is 16.3 Å². The minimum absolute atomic E-state index is 0.00730. The number of ether oxygens (including phenoxy) is 1. The van der Waals surface area contributed by atoms with Crippen LogP contribution in [0.2, 0.25) is 5.02 Å². The molecule has 0 saturated carbocycles. The normalized spacial score (nSPS) is 18.7. The highest BCUT2D eigenvalue weighted by Gasteiger charge is 2.35. The number of benzene rings is 1. The van der Waals surface area contributed by atoms with Crippen LogP contribution in [-0.2, 0) is 14.3 Å². The summed E-state index contributed by atoms with van der Waals surface area (Å²) in [5.41, 5.74) is 0.475. The zero-order valence-corrected chi connectivity index (χ0v) is 19.4. The Kier molecular flexibility index (Phi) is 7.37. The molecule has 1 amide bonds. The number of nitrogens with one attached hydrogen (secondary N) is 1. The monoisotopic (exact) mass is 507 g/mol. The first-order valence-electron chi connectivity index (χ1n) is 10.6. The van der Waals surface area contributed by atoms with Gasteiger partial charge in [0.15, 0.2) is 11.7 Å². The first-order chi connectivity index (χ1) is 16.8. The molecule has 1 saturated heterocycles. The lowest BCUT2D eigenvalue weighted by molar-refractivity contribution is -0.136. The molecule has 12 heteroatoms. The standard InChI is InChI=1S/C23H21ClF3N5O3/c1-35-23(34)19-18(11-31-4-6-32(12-33)7-5-31)29-22(21-17(27)9-14(26)10-28-21)30-20(19)15-3-2-13(25)8-16(15)24/h2-3,8-10,12,20H,4-7,11H2,1H3,(H,29,30)/t20-/m0/s1. The van der Waals surface area contributed by atoms with Gasteiger partial charge in [-0.25, -0.2) is 22.9 Å². The summed E-state index contributed by atoms with van der Waals surface area (Å²) in [4.78, 5) is 35.9. The Hall–Kier alpha value is -3.44. The van der Waals surface area contributed by atoms with Gasteiger partial charge in [-0.1, -0.05) is 17.7 Å². The van der Waals surface area contributed by atoms with Gasteiger partial charge < -0.3 is 15.0 Å². The number of carbonyl (C=O) groups is 2. The number of hydrogen-bond acceptors (Lipinski definition) is 7. The van der Waals surface area contributed by atoms with E-state index in [2.05, 4.69) is 15.3 Å². The SMILES string of the molecule is COC(=O)C1=C(CN2CCN(C=O)CC2)NC(c2ncc(F)cc2F)=N[C@H]1c1ccc(F)cc1Cl. The van der Waals surface area contributed by atoms with Crippen molar-refractivity contribution in [3.8, 4) is 0 Å². The second-order valence-corrected chi connectivity index (χ2v) is 8.36. The van der Waals surface area contributed by atoms with Gasteiger partial charge in [0.1, 0.15) is 23.4 Å². The molecular formula is C23H21ClF3N5O3. The van der Waals surface area contributed by atoms with E-state index >= 15 is 0 Å². The van der Waals surface area contributed by atoms with Crippen molar-refractivity contribution in [1.29, 1.82) is 0 Å². The highest BCUT2D eigenvalue weighted by Crippen LogP contribution is 2.36. The third-order valence-electron chi connectivity index (χ3n) is 5.76. The lowest BCUT2D eigenvalue weighted by Crippen LogP contribution is -2.48. The van der Waals surface area contributed by atoms with E-state index in [1.165, 1.54) is 19.2 Å². The molecule has 0 radical (unpaired) electrons. The van der Waals surface area contributed by atoms with Crippen LogP contribution in [0.5, 0.6) is 0 Å². The van der Waals surface area contributed by atoms with Crippen molar-refractivity contribution in [3.63, 3.8) is 0 Å². The number of hydrogen-bond donors (Lipinski definition) is 1. The van der Waals surface area contributed by atoms with Gasteiger partial charge in [0.05, 0.1) is 18.9 Å². The summed E-state index contributed by atoms with van der Waals surface area (Å²) in [7, 11) is 1.21. The maximum atomic E-state index is 14.6. The van der Waals surface area contributed by atoms with E-state index in [1.807, 2.05) is 4.90 Å². The molecule has 2 aromatic rings. The number of esters is 1. The maximum Gasteiger partial charge on any atom is 0.338 e. The Morgan fingerprint density at radius 3 is 2.57 bits per heavy atom. The molecule has 0 unspecified atom stereocenters. The van der Waals surface area contributed by atoms with Crippen molar-refractivity contribution in [2.45, 2.75) is 6.04 Å². The zero-order valence-electron chi connectivity index (χ0n) is 18.6. The van der Waals surface area contributed by atoms with Gasteiger partial charge in [0, 0.05) is 55.1 Å². The van der Waals surface area contributed by atoms with Crippen molar-refractivity contribution in [3.05, 3.63) is 75.5 Å².